The van der Waals surface area contributed by atoms with Crippen molar-refractivity contribution in [2.24, 2.45) is 0 Å². The van der Waals surface area contributed by atoms with E-state index in [0.717, 1.165) is 36.2 Å². The van der Waals surface area contributed by atoms with Crippen LogP contribution in [0.2, 0.25) is 0 Å². The van der Waals surface area contributed by atoms with Crippen LogP contribution in [0, 0.1) is 0 Å². The fourth-order valence-electron chi connectivity index (χ4n) is 3.63. The van der Waals surface area contributed by atoms with E-state index in [1.165, 1.54) is 24.0 Å². The van der Waals surface area contributed by atoms with Crippen LogP contribution in [0.25, 0.3) is 0 Å². The molecule has 1 saturated heterocycles. The lowest BCUT2D eigenvalue weighted by atomic mass is 9.87. The Bertz CT molecular complexity index is 772. The summed E-state index contributed by atoms with van der Waals surface area (Å²) in [7, 11) is 0. The van der Waals surface area contributed by atoms with Crippen molar-refractivity contribution < 1.29 is 4.79 Å². The monoisotopic (exact) mass is 442 g/mol. The summed E-state index contributed by atoms with van der Waals surface area (Å²) in [5.41, 5.74) is 3.39. The smallest absolute Gasteiger partial charge is 0.254 e. The van der Waals surface area contributed by atoms with Crippen LogP contribution >= 0.6 is 15.9 Å². The number of hydrogen-bond acceptors (Lipinski definition) is 2. The molecule has 1 aliphatic rings. The molecule has 4 heteroatoms. The molecule has 0 aliphatic carbocycles. The lowest BCUT2D eigenvalue weighted by Gasteiger charge is -2.26. The molecule has 0 spiro atoms. The van der Waals surface area contributed by atoms with Crippen molar-refractivity contribution in [1.29, 1.82) is 0 Å². The van der Waals surface area contributed by atoms with Crippen LogP contribution in [0.15, 0.2) is 53.0 Å². The minimum absolute atomic E-state index is 0.103. The first kappa shape index (κ1) is 21.1. The highest BCUT2D eigenvalue weighted by atomic mass is 79.9. The summed E-state index contributed by atoms with van der Waals surface area (Å²) >= 11 is 3.45. The Morgan fingerprint density at radius 1 is 1.00 bits per heavy atom. The van der Waals surface area contributed by atoms with Crippen molar-refractivity contribution in [1.82, 2.24) is 9.80 Å². The number of likely N-dealkylation sites (tertiary alicyclic amines) is 1. The van der Waals surface area contributed by atoms with E-state index in [1.54, 1.807) is 0 Å². The van der Waals surface area contributed by atoms with Crippen LogP contribution < -0.4 is 0 Å². The average Bonchev–Trinajstić information content (AvgIpc) is 3.18. The SMILES string of the molecule is CC(C)(C)c1ccc(CN(CCN2CCCC2)C(=O)c2ccc(Br)cc2)cc1. The highest BCUT2D eigenvalue weighted by Gasteiger charge is 2.19. The molecule has 1 heterocycles. The van der Waals surface area contributed by atoms with Gasteiger partial charge in [0.1, 0.15) is 0 Å². The summed E-state index contributed by atoms with van der Waals surface area (Å²) in [6.07, 6.45) is 2.55. The van der Waals surface area contributed by atoms with Crippen LogP contribution in [-0.2, 0) is 12.0 Å². The lowest BCUT2D eigenvalue weighted by Crippen LogP contribution is -2.37. The molecular weight excluding hydrogens is 412 g/mol. The first-order valence-corrected chi connectivity index (χ1v) is 11.0. The van der Waals surface area contributed by atoms with Gasteiger partial charge in [-0.25, -0.2) is 0 Å². The van der Waals surface area contributed by atoms with E-state index in [2.05, 4.69) is 65.9 Å². The lowest BCUT2D eigenvalue weighted by molar-refractivity contribution is 0.0727. The molecule has 1 fully saturated rings. The number of carbonyl (C=O) groups is 1. The molecule has 0 unspecified atom stereocenters. The van der Waals surface area contributed by atoms with Crippen molar-refractivity contribution in [3.8, 4) is 0 Å². The standard InChI is InChI=1S/C24H31BrN2O/c1-24(2,3)21-10-6-19(7-11-21)18-27(17-16-26-14-4-5-15-26)23(28)20-8-12-22(25)13-9-20/h6-13H,4-5,14-18H2,1-3H3. The number of amides is 1. The second-order valence-electron chi connectivity index (χ2n) is 8.73. The van der Waals surface area contributed by atoms with Gasteiger partial charge in [-0.15, -0.1) is 0 Å². The molecule has 150 valence electrons. The van der Waals surface area contributed by atoms with Gasteiger partial charge in [0.25, 0.3) is 5.91 Å². The van der Waals surface area contributed by atoms with Gasteiger partial charge in [-0.1, -0.05) is 61.0 Å². The Kier molecular flexibility index (Phi) is 6.95. The van der Waals surface area contributed by atoms with Gasteiger partial charge >= 0.3 is 0 Å². The van der Waals surface area contributed by atoms with Gasteiger partial charge < -0.3 is 9.80 Å². The Balaban J connectivity index is 1.74. The molecule has 0 radical (unpaired) electrons. The minimum atomic E-state index is 0.103. The van der Waals surface area contributed by atoms with Crippen molar-refractivity contribution >= 4 is 21.8 Å². The van der Waals surface area contributed by atoms with Gasteiger partial charge in [0.2, 0.25) is 0 Å². The van der Waals surface area contributed by atoms with Gasteiger partial charge in [-0.2, -0.15) is 0 Å². The molecule has 0 bridgehead atoms. The van der Waals surface area contributed by atoms with Gasteiger partial charge in [-0.05, 0) is 66.7 Å². The molecular formula is C24H31BrN2O. The fourth-order valence-corrected chi connectivity index (χ4v) is 3.89. The molecule has 0 aromatic heterocycles. The van der Waals surface area contributed by atoms with E-state index >= 15 is 0 Å². The highest BCUT2D eigenvalue weighted by molar-refractivity contribution is 9.10. The third kappa shape index (κ3) is 5.68. The van der Waals surface area contributed by atoms with Crippen molar-refractivity contribution in [2.45, 2.75) is 45.6 Å². The minimum Gasteiger partial charge on any atom is -0.333 e. The summed E-state index contributed by atoms with van der Waals surface area (Å²) in [6.45, 7) is 11.3. The summed E-state index contributed by atoms with van der Waals surface area (Å²) in [6, 6.07) is 16.4. The largest absolute Gasteiger partial charge is 0.333 e. The normalized spacial score (nSPS) is 15.0. The Morgan fingerprint density at radius 2 is 1.61 bits per heavy atom. The quantitative estimate of drug-likeness (QED) is 0.590. The zero-order valence-electron chi connectivity index (χ0n) is 17.2. The Labute approximate surface area is 177 Å². The third-order valence-electron chi connectivity index (χ3n) is 5.46. The number of benzene rings is 2. The van der Waals surface area contributed by atoms with E-state index in [0.29, 0.717) is 6.54 Å². The van der Waals surface area contributed by atoms with Gasteiger partial charge in [0, 0.05) is 29.7 Å². The van der Waals surface area contributed by atoms with E-state index < -0.39 is 0 Å². The van der Waals surface area contributed by atoms with Crippen LogP contribution in [0.1, 0.15) is 55.1 Å². The summed E-state index contributed by atoms with van der Waals surface area (Å²) in [5, 5.41) is 0. The zero-order valence-corrected chi connectivity index (χ0v) is 18.8. The molecule has 3 nitrogen and oxygen atoms in total. The van der Waals surface area contributed by atoms with E-state index in [1.807, 2.05) is 29.2 Å². The fraction of sp³-hybridized carbons (Fsp3) is 0.458. The second kappa shape index (κ2) is 9.23. The number of hydrogen-bond donors (Lipinski definition) is 0. The number of nitrogens with zero attached hydrogens (tertiary/aromatic N) is 2. The molecule has 2 aromatic carbocycles. The molecule has 0 N–H and O–H groups in total. The van der Waals surface area contributed by atoms with Crippen molar-refractivity contribution in [3.05, 3.63) is 69.7 Å². The molecule has 28 heavy (non-hydrogen) atoms. The molecule has 1 aliphatic heterocycles. The van der Waals surface area contributed by atoms with Gasteiger partial charge in [-0.3, -0.25) is 4.79 Å². The van der Waals surface area contributed by atoms with Gasteiger partial charge in [0.05, 0.1) is 0 Å². The maximum atomic E-state index is 13.2. The Hall–Kier alpha value is -1.65. The van der Waals surface area contributed by atoms with Crippen LogP contribution in [-0.4, -0.2) is 41.9 Å². The summed E-state index contributed by atoms with van der Waals surface area (Å²) < 4.78 is 0.991. The average molecular weight is 443 g/mol. The Morgan fingerprint density at radius 3 is 2.18 bits per heavy atom. The summed E-state index contributed by atoms with van der Waals surface area (Å²) in [5.74, 6) is 0.103. The highest BCUT2D eigenvalue weighted by Crippen LogP contribution is 2.23. The van der Waals surface area contributed by atoms with E-state index in [4.69, 9.17) is 0 Å². The summed E-state index contributed by atoms with van der Waals surface area (Å²) in [4.78, 5) is 17.6. The van der Waals surface area contributed by atoms with Crippen LogP contribution in [0.5, 0.6) is 0 Å². The van der Waals surface area contributed by atoms with Crippen molar-refractivity contribution in [3.63, 3.8) is 0 Å². The van der Waals surface area contributed by atoms with Crippen molar-refractivity contribution in [2.75, 3.05) is 26.2 Å². The number of rotatable bonds is 6. The topological polar surface area (TPSA) is 23.6 Å². The molecule has 0 atom stereocenters. The first-order chi connectivity index (χ1) is 13.3. The molecule has 2 aromatic rings. The van der Waals surface area contributed by atoms with Gasteiger partial charge in [0.15, 0.2) is 0 Å². The van der Waals surface area contributed by atoms with E-state index in [9.17, 15) is 4.79 Å². The predicted octanol–water partition coefficient (Wildman–Crippen LogP) is 5.48. The molecule has 0 saturated carbocycles. The molecule has 1 amide bonds. The maximum Gasteiger partial charge on any atom is 0.254 e. The number of halogens is 1. The van der Waals surface area contributed by atoms with E-state index in [-0.39, 0.29) is 11.3 Å². The number of carbonyl (C=O) groups excluding carboxylic acids is 1. The zero-order chi connectivity index (χ0) is 20.1. The second-order valence-corrected chi connectivity index (χ2v) is 9.64. The van der Waals surface area contributed by atoms with Crippen LogP contribution in [0.4, 0.5) is 0 Å². The molecule has 3 rings (SSSR count). The predicted molar refractivity (Wildman–Crippen MR) is 120 cm³/mol. The maximum absolute atomic E-state index is 13.2. The first-order valence-electron chi connectivity index (χ1n) is 10.2. The third-order valence-corrected chi connectivity index (χ3v) is 5.99. The van der Waals surface area contributed by atoms with Crippen LogP contribution in [0.3, 0.4) is 0 Å².